The fourth-order valence-corrected chi connectivity index (χ4v) is 4.77. The summed E-state index contributed by atoms with van der Waals surface area (Å²) >= 11 is 0. The number of ether oxygens (including phenoxy) is 4. The first kappa shape index (κ1) is 27.4. The summed E-state index contributed by atoms with van der Waals surface area (Å²) in [6.07, 6.45) is 1.86. The van der Waals surface area contributed by atoms with Crippen LogP contribution in [-0.2, 0) is 32.2 Å². The van der Waals surface area contributed by atoms with Gasteiger partial charge in [0.05, 0.1) is 32.0 Å². The zero-order valence-corrected chi connectivity index (χ0v) is 22.9. The second kappa shape index (κ2) is 13.7. The van der Waals surface area contributed by atoms with E-state index in [0.29, 0.717) is 26.4 Å². The Bertz CT molecular complexity index is 1270. The van der Waals surface area contributed by atoms with E-state index in [4.69, 9.17) is 23.4 Å². The molecule has 0 aliphatic carbocycles. The molecule has 3 atom stereocenters. The van der Waals surface area contributed by atoms with E-state index in [1.807, 2.05) is 42.5 Å². The van der Waals surface area contributed by atoms with Crippen LogP contribution in [-0.4, -0.2) is 19.3 Å². The van der Waals surface area contributed by atoms with E-state index in [9.17, 15) is 0 Å². The van der Waals surface area contributed by atoms with Gasteiger partial charge in [-0.3, -0.25) is 0 Å². The molecule has 0 unspecified atom stereocenters. The molecule has 204 valence electrons. The number of benzene rings is 3. The Kier molecular flexibility index (Phi) is 9.62. The lowest BCUT2D eigenvalue weighted by Crippen LogP contribution is -2.36. The average Bonchev–Trinajstić information content (AvgIpc) is 3.42. The third-order valence-corrected chi connectivity index (χ3v) is 6.96. The molecule has 0 saturated carbocycles. The largest absolute Gasteiger partial charge is 0.458 e. The number of unbranched alkanes of at least 4 members (excludes halogenated alkanes) is 2. The zero-order chi connectivity index (χ0) is 26.9. The van der Waals surface area contributed by atoms with Gasteiger partial charge < -0.3 is 23.4 Å². The van der Waals surface area contributed by atoms with Gasteiger partial charge in [0.15, 0.2) is 6.29 Å². The van der Waals surface area contributed by atoms with E-state index in [2.05, 4.69) is 62.4 Å². The maximum Gasteiger partial charge on any atom is 0.187 e. The molecule has 0 spiro atoms. The smallest absolute Gasteiger partial charge is 0.187 e. The minimum Gasteiger partial charge on any atom is -0.458 e. The van der Waals surface area contributed by atoms with Crippen LogP contribution < -0.4 is 0 Å². The van der Waals surface area contributed by atoms with Crippen LogP contribution in [0.25, 0.3) is 11.3 Å². The molecule has 0 N–H and O–H groups in total. The first-order valence-electron chi connectivity index (χ1n) is 14.0. The van der Waals surface area contributed by atoms with Gasteiger partial charge in [0.2, 0.25) is 0 Å². The molecule has 2 heterocycles. The van der Waals surface area contributed by atoms with Crippen LogP contribution in [0.3, 0.4) is 0 Å². The molecule has 1 aromatic heterocycles. The molecule has 0 fully saturated rings. The van der Waals surface area contributed by atoms with E-state index in [1.54, 1.807) is 0 Å². The van der Waals surface area contributed by atoms with E-state index in [0.717, 1.165) is 53.0 Å². The van der Waals surface area contributed by atoms with Gasteiger partial charge in [-0.05, 0) is 30.5 Å². The fourth-order valence-electron chi connectivity index (χ4n) is 4.77. The molecule has 5 nitrogen and oxygen atoms in total. The van der Waals surface area contributed by atoms with Crippen LogP contribution in [0.1, 0.15) is 66.6 Å². The van der Waals surface area contributed by atoms with Crippen molar-refractivity contribution in [1.82, 2.24) is 0 Å². The minimum atomic E-state index is -0.540. The number of fused-ring (bicyclic) bond motifs is 1. The van der Waals surface area contributed by atoms with Gasteiger partial charge in [-0.2, -0.15) is 0 Å². The van der Waals surface area contributed by atoms with Gasteiger partial charge in [-0.25, -0.2) is 0 Å². The molecule has 0 amide bonds. The van der Waals surface area contributed by atoms with Crippen LogP contribution in [0.4, 0.5) is 0 Å². The highest BCUT2D eigenvalue weighted by molar-refractivity contribution is 5.60. The summed E-state index contributed by atoms with van der Waals surface area (Å²) in [7, 11) is 0. The Morgan fingerprint density at radius 3 is 2.15 bits per heavy atom. The van der Waals surface area contributed by atoms with Crippen LogP contribution in [0.2, 0.25) is 0 Å². The normalized spacial score (nSPS) is 18.7. The van der Waals surface area contributed by atoms with Crippen molar-refractivity contribution in [2.75, 3.05) is 13.2 Å². The molecule has 4 aromatic rings. The van der Waals surface area contributed by atoms with Crippen molar-refractivity contribution in [3.05, 3.63) is 119 Å². The number of hydrogen-bond donors (Lipinski definition) is 0. The SMILES string of the molecule is CCCCCO[C@H]1O[C@H](COCc2ccccc2)[C@@H](OCc2ccccc2)c2oc(-c3ccc(C)cc3)cc21. The van der Waals surface area contributed by atoms with E-state index < -0.39 is 18.5 Å². The van der Waals surface area contributed by atoms with Gasteiger partial charge in [0.1, 0.15) is 23.7 Å². The van der Waals surface area contributed by atoms with Crippen molar-refractivity contribution in [3.63, 3.8) is 0 Å². The summed E-state index contributed by atoms with van der Waals surface area (Å²) < 4.78 is 32.1. The van der Waals surface area contributed by atoms with Crippen molar-refractivity contribution in [2.24, 2.45) is 0 Å². The number of furan rings is 1. The summed E-state index contributed by atoms with van der Waals surface area (Å²) in [5.74, 6) is 1.53. The third-order valence-electron chi connectivity index (χ3n) is 6.96. The maximum absolute atomic E-state index is 6.57. The number of hydrogen-bond acceptors (Lipinski definition) is 5. The highest BCUT2D eigenvalue weighted by Gasteiger charge is 2.41. The predicted octanol–water partition coefficient (Wildman–Crippen LogP) is 8.33. The summed E-state index contributed by atoms with van der Waals surface area (Å²) in [5, 5.41) is 0. The molecule has 5 heteroatoms. The molecule has 3 aromatic carbocycles. The number of aryl methyl sites for hydroxylation is 1. The van der Waals surface area contributed by atoms with Crippen LogP contribution in [0.5, 0.6) is 0 Å². The predicted molar refractivity (Wildman–Crippen MR) is 152 cm³/mol. The Morgan fingerprint density at radius 2 is 1.46 bits per heavy atom. The molecular weight excluding hydrogens is 488 g/mol. The van der Waals surface area contributed by atoms with Crippen LogP contribution >= 0.6 is 0 Å². The lowest BCUT2D eigenvalue weighted by atomic mass is 10.0. The summed E-state index contributed by atoms with van der Waals surface area (Å²) in [6, 6.07) is 30.7. The molecule has 0 bridgehead atoms. The van der Waals surface area contributed by atoms with Gasteiger partial charge in [-0.15, -0.1) is 0 Å². The zero-order valence-electron chi connectivity index (χ0n) is 22.9. The van der Waals surface area contributed by atoms with Gasteiger partial charge in [0, 0.05) is 5.56 Å². The maximum atomic E-state index is 6.57. The topological polar surface area (TPSA) is 50.1 Å². The molecule has 1 aliphatic heterocycles. The van der Waals surface area contributed by atoms with Crippen molar-refractivity contribution < 1.29 is 23.4 Å². The molecular formula is C34H38O5. The van der Waals surface area contributed by atoms with Crippen molar-refractivity contribution in [2.45, 2.75) is 64.8 Å². The van der Waals surface area contributed by atoms with Crippen LogP contribution in [0.15, 0.2) is 95.4 Å². The molecule has 5 rings (SSSR count). The summed E-state index contributed by atoms with van der Waals surface area (Å²) in [5.41, 5.74) is 5.31. The Balaban J connectivity index is 1.42. The van der Waals surface area contributed by atoms with Crippen molar-refractivity contribution in [3.8, 4) is 11.3 Å². The minimum absolute atomic E-state index is 0.350. The van der Waals surface area contributed by atoms with Crippen molar-refractivity contribution in [1.29, 1.82) is 0 Å². The summed E-state index contributed by atoms with van der Waals surface area (Å²) in [6.45, 7) is 6.17. The van der Waals surface area contributed by atoms with Gasteiger partial charge in [-0.1, -0.05) is 110 Å². The average molecular weight is 527 g/mol. The monoisotopic (exact) mass is 526 g/mol. The molecule has 0 radical (unpaired) electrons. The fraction of sp³-hybridized carbons (Fsp3) is 0.353. The molecule has 1 aliphatic rings. The highest BCUT2D eigenvalue weighted by atomic mass is 16.7. The first-order valence-corrected chi connectivity index (χ1v) is 14.0. The lowest BCUT2D eigenvalue weighted by Gasteiger charge is -2.35. The second-order valence-electron chi connectivity index (χ2n) is 10.1. The van der Waals surface area contributed by atoms with E-state index >= 15 is 0 Å². The highest BCUT2D eigenvalue weighted by Crippen LogP contribution is 2.44. The van der Waals surface area contributed by atoms with E-state index in [-0.39, 0.29) is 0 Å². The summed E-state index contributed by atoms with van der Waals surface area (Å²) in [4.78, 5) is 0. The van der Waals surface area contributed by atoms with Gasteiger partial charge >= 0.3 is 0 Å². The number of rotatable bonds is 13. The Hall–Kier alpha value is -3.22. The molecule has 0 saturated heterocycles. The first-order chi connectivity index (χ1) is 19.2. The third kappa shape index (κ3) is 7.25. The van der Waals surface area contributed by atoms with E-state index in [1.165, 1.54) is 5.56 Å². The molecule has 39 heavy (non-hydrogen) atoms. The Labute approximate surface area is 231 Å². The van der Waals surface area contributed by atoms with Crippen molar-refractivity contribution >= 4 is 0 Å². The van der Waals surface area contributed by atoms with Crippen LogP contribution in [0, 0.1) is 6.92 Å². The Morgan fingerprint density at radius 1 is 0.769 bits per heavy atom. The van der Waals surface area contributed by atoms with Gasteiger partial charge in [0.25, 0.3) is 0 Å². The second-order valence-corrected chi connectivity index (χ2v) is 10.1. The lowest BCUT2D eigenvalue weighted by molar-refractivity contribution is -0.235. The quantitative estimate of drug-likeness (QED) is 0.164. The standard InChI is InChI=1S/C34H38O5/c1-3-4-11-20-36-34-29-21-30(28-18-16-25(2)17-19-28)38-32(29)33(37-23-27-14-9-6-10-15-27)31(39-34)24-35-22-26-12-7-5-8-13-26/h5-10,12-19,21,31,33-34H,3-4,11,20,22-24H2,1-2H3/t31-,33-,34+/m1/s1.